The summed E-state index contributed by atoms with van der Waals surface area (Å²) in [6.45, 7) is 2.52. The minimum atomic E-state index is -1.26. The largest absolute Gasteiger partial charge is 0.478 e. The fourth-order valence-electron chi connectivity index (χ4n) is 6.15. The van der Waals surface area contributed by atoms with Crippen molar-refractivity contribution < 1.29 is 58.7 Å². The molecule has 2 aromatic carbocycles. The maximum atomic E-state index is 14.3. The summed E-state index contributed by atoms with van der Waals surface area (Å²) >= 11 is 11.5. The fourth-order valence-corrected chi connectivity index (χ4v) is 16.0. The Hall–Kier alpha value is -0.520. The minimum Gasteiger partial charge on any atom is -0.478 e. The number of carbonyl (C=O) groups excluding carboxylic acids is 4. The van der Waals surface area contributed by atoms with E-state index >= 15 is 0 Å². The van der Waals surface area contributed by atoms with Gasteiger partial charge in [-0.1, -0.05) is 0 Å². The number of aromatic carboxylic acids is 2. The lowest BCUT2D eigenvalue weighted by atomic mass is 10.1. The maximum Gasteiger partial charge on any atom is 0.338 e. The third kappa shape index (κ3) is 10.1. The average Bonchev–Trinajstić information content (AvgIpc) is 3.74. The molecular formula is C34H36I6N4O12. The van der Waals surface area contributed by atoms with Gasteiger partial charge in [0.2, 0.25) is 11.8 Å². The average molecular weight is 1450 g/mol. The number of aliphatic hydroxyl groups is 2. The molecule has 0 aliphatic carbocycles. The summed E-state index contributed by atoms with van der Waals surface area (Å²) in [6.07, 6.45) is -3.37. The van der Waals surface area contributed by atoms with Crippen LogP contribution in [0.4, 0.5) is 22.7 Å². The molecular weight excluding hydrogens is 1420 g/mol. The number of carboxylic acid groups (broad SMARTS) is 2. The normalized spacial score (nSPS) is 19.1. The topological polar surface area (TPSA) is 215 Å². The molecule has 2 aliphatic heterocycles. The Morgan fingerprint density at radius 3 is 1.12 bits per heavy atom. The number of anilines is 4. The molecule has 0 bridgehead atoms. The molecule has 0 spiro atoms. The monoisotopic (exact) mass is 1450 g/mol. The Morgan fingerprint density at radius 2 is 0.875 bits per heavy atom. The van der Waals surface area contributed by atoms with Gasteiger partial charge in [-0.05, 0) is 148 Å². The van der Waals surface area contributed by atoms with Gasteiger partial charge in [-0.3, -0.25) is 19.2 Å². The number of hydrogen-bond donors (Lipinski definition) is 4. The number of ether oxygens (including phenoxy) is 2. The van der Waals surface area contributed by atoms with Gasteiger partial charge in [-0.2, -0.15) is 0 Å². The highest BCUT2D eigenvalue weighted by Gasteiger charge is 2.39. The third-order valence-electron chi connectivity index (χ3n) is 9.17. The lowest BCUT2D eigenvalue weighted by Crippen LogP contribution is -2.43. The number of unbranched alkanes of at least 4 members (excludes halogenated alkanes) is 1. The van der Waals surface area contributed by atoms with Crippen molar-refractivity contribution in [3.8, 4) is 0 Å². The van der Waals surface area contributed by atoms with E-state index in [0.717, 1.165) is 0 Å². The molecule has 0 aromatic heterocycles. The van der Waals surface area contributed by atoms with Crippen molar-refractivity contribution in [2.24, 2.45) is 0 Å². The van der Waals surface area contributed by atoms with E-state index in [0.29, 0.717) is 25.7 Å². The lowest BCUT2D eigenvalue weighted by Gasteiger charge is -2.32. The van der Waals surface area contributed by atoms with Crippen molar-refractivity contribution in [1.82, 2.24) is 0 Å². The van der Waals surface area contributed by atoms with Crippen LogP contribution in [0.1, 0.15) is 60.2 Å². The van der Waals surface area contributed by atoms with Crippen molar-refractivity contribution in [2.45, 2.75) is 63.9 Å². The van der Waals surface area contributed by atoms with Crippen LogP contribution >= 0.6 is 136 Å². The molecule has 0 saturated carbocycles. The summed E-state index contributed by atoms with van der Waals surface area (Å²) < 4.78 is 13.3. The van der Waals surface area contributed by atoms with Crippen LogP contribution in [0.3, 0.4) is 0 Å². The smallest absolute Gasteiger partial charge is 0.338 e. The molecule has 16 nitrogen and oxygen atoms in total. The van der Waals surface area contributed by atoms with Gasteiger partial charge in [-0.15, -0.1) is 0 Å². The highest BCUT2D eigenvalue weighted by Crippen LogP contribution is 2.45. The summed E-state index contributed by atoms with van der Waals surface area (Å²) in [5.41, 5.74) is 0.884. The molecule has 4 N–H and O–H groups in total. The molecule has 22 heteroatoms. The van der Waals surface area contributed by atoms with Crippen LogP contribution < -0.4 is 19.6 Å². The minimum absolute atomic E-state index is 0.0100. The molecule has 2 fully saturated rings. The molecule has 4 amide bonds. The second kappa shape index (κ2) is 20.4. The van der Waals surface area contributed by atoms with E-state index in [1.54, 1.807) is 0 Å². The summed E-state index contributed by atoms with van der Waals surface area (Å²) in [5.74, 6) is -4.32. The highest BCUT2D eigenvalue weighted by atomic mass is 127. The summed E-state index contributed by atoms with van der Waals surface area (Å²) in [6, 6.07) is 0. The molecule has 4 unspecified atom stereocenters. The highest BCUT2D eigenvalue weighted by molar-refractivity contribution is 14.1. The predicted molar refractivity (Wildman–Crippen MR) is 256 cm³/mol. The zero-order valence-corrected chi connectivity index (χ0v) is 43.0. The van der Waals surface area contributed by atoms with Crippen molar-refractivity contribution in [3.63, 3.8) is 0 Å². The number of hydrogen-bond acceptors (Lipinski definition) is 10. The molecule has 2 saturated heterocycles. The Bertz CT molecular complexity index is 1830. The quantitative estimate of drug-likeness (QED) is 0.152. The van der Waals surface area contributed by atoms with E-state index in [9.17, 15) is 49.2 Å². The first kappa shape index (κ1) is 48.1. The maximum absolute atomic E-state index is 14.3. The Kier molecular flexibility index (Phi) is 17.5. The first-order chi connectivity index (χ1) is 26.1. The summed E-state index contributed by atoms with van der Waals surface area (Å²) in [4.78, 5) is 84.4. The van der Waals surface area contributed by atoms with E-state index in [1.165, 1.54) is 47.5 Å². The Balaban J connectivity index is 1.82. The van der Waals surface area contributed by atoms with Crippen molar-refractivity contribution in [1.29, 1.82) is 0 Å². The van der Waals surface area contributed by atoms with Gasteiger partial charge < -0.3 is 49.5 Å². The van der Waals surface area contributed by atoms with Gasteiger partial charge in [0.1, 0.15) is 12.2 Å². The fraction of sp³-hybridized carbons (Fsp3) is 0.471. The third-order valence-corrected chi connectivity index (χ3v) is 15.4. The van der Waals surface area contributed by atoms with Gasteiger partial charge in [0.25, 0.3) is 11.8 Å². The summed E-state index contributed by atoms with van der Waals surface area (Å²) in [7, 11) is 3.02. The Labute approximate surface area is 403 Å². The van der Waals surface area contributed by atoms with Gasteiger partial charge in [0.15, 0.2) is 0 Å². The summed E-state index contributed by atoms with van der Waals surface area (Å²) in [5, 5.41) is 41.1. The number of amides is 4. The van der Waals surface area contributed by atoms with Gasteiger partial charge >= 0.3 is 11.9 Å². The van der Waals surface area contributed by atoms with Crippen LogP contribution in [0.25, 0.3) is 0 Å². The molecule has 4 rings (SSSR count). The number of halogens is 6. The number of carboxylic acids is 2. The number of rotatable bonds is 13. The van der Waals surface area contributed by atoms with Crippen molar-refractivity contribution >= 4 is 194 Å². The number of carbonyl (C=O) groups is 6. The number of aliphatic hydroxyl groups excluding tert-OH is 2. The standard InChI is InChI=1S/C34H36I6N4O12/c1-13(45)41(3)27-21(35)19(33(51)52)23(37)29(25(27)39)43(31(49)17-9-15(47)11-55-17)7-5-6-8-44(32(50)18-10-16(48)12-56-18)30-24(38)20(34(53)54)22(36)28(26(30)40)42(4)14(2)46/h15-18,47-48H,5-12H2,1-4H3,(H,51,52)(H,53,54). The van der Waals surface area contributed by atoms with Gasteiger partial charge in [-0.25, -0.2) is 9.59 Å². The molecule has 2 aromatic rings. The first-order valence-electron chi connectivity index (χ1n) is 16.7. The van der Waals surface area contributed by atoms with Crippen LogP contribution in [0.15, 0.2) is 0 Å². The van der Waals surface area contributed by atoms with Gasteiger partial charge in [0, 0.05) is 53.9 Å². The zero-order chi connectivity index (χ0) is 42.1. The Morgan fingerprint density at radius 1 is 0.571 bits per heavy atom. The zero-order valence-electron chi connectivity index (χ0n) is 30.1. The van der Waals surface area contributed by atoms with E-state index in [2.05, 4.69) is 0 Å². The molecule has 56 heavy (non-hydrogen) atoms. The van der Waals surface area contributed by atoms with Gasteiger partial charge in [0.05, 0.1) is 80.7 Å². The molecule has 2 heterocycles. The van der Waals surface area contributed by atoms with E-state index in [-0.39, 0.29) is 93.4 Å². The van der Waals surface area contributed by atoms with Crippen LogP contribution in [0, 0.1) is 21.4 Å². The predicted octanol–water partition coefficient (Wildman–Crippen LogP) is 5.12. The second-order valence-corrected chi connectivity index (χ2v) is 19.4. The molecule has 2 aliphatic rings. The van der Waals surface area contributed by atoms with Crippen LogP contribution in [0.5, 0.6) is 0 Å². The first-order valence-corrected chi connectivity index (χ1v) is 23.2. The van der Waals surface area contributed by atoms with Crippen LogP contribution in [-0.4, -0.2) is 121 Å². The van der Waals surface area contributed by atoms with Crippen molar-refractivity contribution in [2.75, 3.05) is 60.0 Å². The molecule has 4 atom stereocenters. The molecule has 306 valence electrons. The van der Waals surface area contributed by atoms with E-state index in [4.69, 9.17) is 9.47 Å². The lowest BCUT2D eigenvalue weighted by molar-refractivity contribution is -0.128. The molecule has 0 radical (unpaired) electrons. The second-order valence-electron chi connectivity index (χ2n) is 12.9. The van der Waals surface area contributed by atoms with Crippen LogP contribution in [-0.2, 0) is 28.7 Å². The number of benzene rings is 2. The van der Waals surface area contributed by atoms with E-state index < -0.39 is 48.2 Å². The number of nitrogens with zero attached hydrogens (tertiary/aromatic N) is 4. The van der Waals surface area contributed by atoms with Crippen LogP contribution in [0.2, 0.25) is 0 Å². The van der Waals surface area contributed by atoms with E-state index in [1.807, 2.05) is 136 Å². The van der Waals surface area contributed by atoms with Crippen molar-refractivity contribution in [3.05, 3.63) is 32.5 Å². The SMILES string of the molecule is CC(=O)N(C)c1c(I)c(C(=O)O)c(I)c(N(CCCCN(C(=O)C2CC(O)CO2)c2c(I)c(C(=O)O)c(I)c(N(C)C(C)=O)c2I)C(=O)C2CC(O)CO2)c1I.